The Labute approximate surface area is 112 Å². The number of hydrogen-bond donors (Lipinski definition) is 1. The van der Waals surface area contributed by atoms with Gasteiger partial charge in [0.05, 0.1) is 10.7 Å². The molecule has 86 valence electrons. The normalized spacial score (nSPS) is 10.5. The molecule has 0 saturated carbocycles. The molecule has 2 aromatic rings. The predicted molar refractivity (Wildman–Crippen MR) is 72.7 cm³/mol. The minimum atomic E-state index is -1.00. The standard InChI is InChI=1S/C10H6BCl2NO2S/c11-10-14-7(8(17-10)9(15)16)5-2-1-4(12)3-6(5)13/h1-3H,11H2,(H,15,16). The highest BCUT2D eigenvalue weighted by molar-refractivity contribution is 7.21. The molecule has 0 unspecified atom stereocenters. The van der Waals surface area contributed by atoms with Gasteiger partial charge in [0.15, 0.2) is 7.85 Å². The van der Waals surface area contributed by atoms with E-state index in [1.165, 1.54) is 0 Å². The van der Waals surface area contributed by atoms with Crippen LogP contribution in [0, 0.1) is 0 Å². The van der Waals surface area contributed by atoms with Crippen molar-refractivity contribution in [3.05, 3.63) is 33.1 Å². The molecular formula is C10H6BCl2NO2S. The zero-order chi connectivity index (χ0) is 12.6. The first-order chi connectivity index (χ1) is 7.99. The van der Waals surface area contributed by atoms with E-state index in [2.05, 4.69) is 4.98 Å². The SMILES string of the molecule is Bc1nc(-c2ccc(Cl)cc2Cl)c(C(=O)O)s1. The van der Waals surface area contributed by atoms with E-state index in [0.717, 1.165) is 11.3 Å². The van der Waals surface area contributed by atoms with Gasteiger partial charge in [-0.05, 0) is 18.2 Å². The number of halogens is 2. The highest BCUT2D eigenvalue weighted by Crippen LogP contribution is 2.32. The molecule has 1 heterocycles. The largest absolute Gasteiger partial charge is 0.477 e. The van der Waals surface area contributed by atoms with Gasteiger partial charge in [-0.25, -0.2) is 4.79 Å². The lowest BCUT2D eigenvalue weighted by molar-refractivity contribution is 0.0702. The van der Waals surface area contributed by atoms with E-state index in [1.807, 2.05) is 0 Å². The van der Waals surface area contributed by atoms with E-state index in [0.29, 0.717) is 26.2 Å². The van der Waals surface area contributed by atoms with Crippen molar-refractivity contribution in [2.45, 2.75) is 0 Å². The van der Waals surface area contributed by atoms with Crippen LogP contribution in [0.3, 0.4) is 0 Å². The molecule has 0 bridgehead atoms. The van der Waals surface area contributed by atoms with E-state index in [1.54, 1.807) is 26.0 Å². The predicted octanol–water partition coefficient (Wildman–Crippen LogP) is 2.07. The number of carboxylic acids is 1. The van der Waals surface area contributed by atoms with Crippen LogP contribution in [0.4, 0.5) is 0 Å². The smallest absolute Gasteiger partial charge is 0.348 e. The Morgan fingerprint density at radius 3 is 2.71 bits per heavy atom. The third-order valence-corrected chi connectivity index (χ3v) is 3.62. The number of thiazole rings is 1. The van der Waals surface area contributed by atoms with Crippen molar-refractivity contribution >= 4 is 53.3 Å². The second kappa shape index (κ2) is 4.68. The summed E-state index contributed by atoms with van der Waals surface area (Å²) in [4.78, 5) is 16.2. The molecule has 7 heteroatoms. The number of aromatic carboxylic acids is 1. The Hall–Kier alpha value is -1.04. The fourth-order valence-electron chi connectivity index (χ4n) is 1.44. The maximum Gasteiger partial charge on any atom is 0.348 e. The number of carbonyl (C=O) groups is 1. The summed E-state index contributed by atoms with van der Waals surface area (Å²) < 4.78 is 0. The summed E-state index contributed by atoms with van der Waals surface area (Å²) >= 11 is 13.0. The molecule has 3 nitrogen and oxygen atoms in total. The monoisotopic (exact) mass is 285 g/mol. The van der Waals surface area contributed by atoms with Crippen molar-refractivity contribution in [2.75, 3.05) is 0 Å². The molecule has 0 aliphatic heterocycles. The van der Waals surface area contributed by atoms with E-state index >= 15 is 0 Å². The zero-order valence-corrected chi connectivity index (χ0v) is 11.0. The average molecular weight is 286 g/mol. The maximum absolute atomic E-state index is 11.1. The lowest BCUT2D eigenvalue weighted by Gasteiger charge is -2.02. The molecule has 1 aromatic heterocycles. The summed E-state index contributed by atoms with van der Waals surface area (Å²) in [6, 6.07) is 4.90. The van der Waals surface area contributed by atoms with Gasteiger partial charge in [0.2, 0.25) is 0 Å². The molecule has 2 rings (SSSR count). The zero-order valence-electron chi connectivity index (χ0n) is 8.70. The average Bonchev–Trinajstić information content (AvgIpc) is 2.60. The van der Waals surface area contributed by atoms with Gasteiger partial charge < -0.3 is 5.11 Å². The second-order valence-electron chi connectivity index (χ2n) is 3.34. The van der Waals surface area contributed by atoms with Gasteiger partial charge in [-0.3, -0.25) is 4.98 Å². The van der Waals surface area contributed by atoms with Crippen molar-refractivity contribution in [2.24, 2.45) is 0 Å². The van der Waals surface area contributed by atoms with E-state index in [4.69, 9.17) is 28.3 Å². The summed E-state index contributed by atoms with van der Waals surface area (Å²) in [7, 11) is 1.75. The van der Waals surface area contributed by atoms with Crippen molar-refractivity contribution in [3.63, 3.8) is 0 Å². The molecule has 17 heavy (non-hydrogen) atoms. The first-order valence-corrected chi connectivity index (χ1v) is 6.22. The topological polar surface area (TPSA) is 50.2 Å². The summed E-state index contributed by atoms with van der Waals surface area (Å²) in [5.74, 6) is -1.00. The van der Waals surface area contributed by atoms with E-state index in [9.17, 15) is 4.79 Å². The van der Waals surface area contributed by atoms with E-state index < -0.39 is 5.97 Å². The Morgan fingerprint density at radius 1 is 1.41 bits per heavy atom. The number of hydrogen-bond acceptors (Lipinski definition) is 3. The van der Waals surface area contributed by atoms with Crippen LogP contribution in [0.5, 0.6) is 0 Å². The second-order valence-corrected chi connectivity index (χ2v) is 5.39. The fraction of sp³-hybridized carbons (Fsp3) is 0. The first kappa shape index (κ1) is 12.4. The van der Waals surface area contributed by atoms with Crippen LogP contribution >= 0.6 is 34.5 Å². The van der Waals surface area contributed by atoms with Gasteiger partial charge in [0.1, 0.15) is 4.88 Å². The molecule has 0 amide bonds. The van der Waals surface area contributed by atoms with Gasteiger partial charge in [0.25, 0.3) is 0 Å². The Morgan fingerprint density at radius 2 is 2.12 bits per heavy atom. The van der Waals surface area contributed by atoms with E-state index in [-0.39, 0.29) is 4.88 Å². The number of rotatable bonds is 2. The molecule has 0 fully saturated rings. The van der Waals surface area contributed by atoms with Crippen molar-refractivity contribution in [1.29, 1.82) is 0 Å². The molecule has 0 atom stereocenters. The molecule has 0 radical (unpaired) electrons. The van der Waals surface area contributed by atoms with Crippen LogP contribution in [0.1, 0.15) is 9.67 Å². The van der Waals surface area contributed by atoms with Crippen molar-refractivity contribution in [3.8, 4) is 11.3 Å². The molecule has 0 saturated heterocycles. The van der Waals surface area contributed by atoms with Gasteiger partial charge in [0, 0.05) is 15.5 Å². The molecular weight excluding hydrogens is 280 g/mol. The van der Waals surface area contributed by atoms with Gasteiger partial charge in [-0.1, -0.05) is 23.2 Å². The third kappa shape index (κ3) is 2.46. The van der Waals surface area contributed by atoms with Crippen LogP contribution in [-0.2, 0) is 0 Å². The summed E-state index contributed by atoms with van der Waals surface area (Å²) in [6.07, 6.45) is 0. The van der Waals surface area contributed by atoms with Crippen LogP contribution in [0.2, 0.25) is 10.0 Å². The maximum atomic E-state index is 11.1. The van der Waals surface area contributed by atoms with Crippen molar-refractivity contribution in [1.82, 2.24) is 4.98 Å². The summed E-state index contributed by atoms with van der Waals surface area (Å²) in [5, 5.41) is 9.98. The van der Waals surface area contributed by atoms with Crippen LogP contribution in [-0.4, -0.2) is 23.9 Å². The lowest BCUT2D eigenvalue weighted by atomic mass is 10.1. The molecule has 0 spiro atoms. The number of aromatic nitrogens is 1. The highest BCUT2D eigenvalue weighted by atomic mass is 35.5. The first-order valence-electron chi connectivity index (χ1n) is 4.65. The minimum Gasteiger partial charge on any atom is -0.477 e. The molecule has 0 aliphatic rings. The van der Waals surface area contributed by atoms with Crippen LogP contribution in [0.15, 0.2) is 18.2 Å². The molecule has 1 N–H and O–H groups in total. The van der Waals surface area contributed by atoms with Crippen LogP contribution in [0.25, 0.3) is 11.3 Å². The Balaban J connectivity index is 2.63. The lowest BCUT2D eigenvalue weighted by Crippen LogP contribution is -1.98. The van der Waals surface area contributed by atoms with Gasteiger partial charge in [-0.2, -0.15) is 0 Å². The Bertz CT molecular complexity index is 600. The summed E-state index contributed by atoms with van der Waals surface area (Å²) in [6.45, 7) is 0. The third-order valence-electron chi connectivity index (χ3n) is 2.11. The Kier molecular flexibility index (Phi) is 3.42. The quantitative estimate of drug-likeness (QED) is 0.860. The molecule has 1 aromatic carbocycles. The van der Waals surface area contributed by atoms with Crippen molar-refractivity contribution < 1.29 is 9.90 Å². The molecule has 0 aliphatic carbocycles. The number of carboxylic acid groups (broad SMARTS) is 1. The fourth-order valence-corrected chi connectivity index (χ4v) is 2.71. The number of benzene rings is 1. The highest BCUT2D eigenvalue weighted by Gasteiger charge is 2.19. The van der Waals surface area contributed by atoms with Gasteiger partial charge >= 0.3 is 5.97 Å². The summed E-state index contributed by atoms with van der Waals surface area (Å²) in [5.41, 5.74) is 0.972. The minimum absolute atomic E-state index is 0.187. The number of nitrogens with zero attached hydrogens (tertiary/aromatic N) is 1. The van der Waals surface area contributed by atoms with Gasteiger partial charge in [-0.15, -0.1) is 11.3 Å². The van der Waals surface area contributed by atoms with Crippen LogP contribution < -0.4 is 4.91 Å².